The van der Waals surface area contributed by atoms with E-state index in [0.717, 1.165) is 5.56 Å². The van der Waals surface area contributed by atoms with Crippen LogP contribution in [0.4, 0.5) is 5.69 Å². The molecule has 2 aliphatic rings. The van der Waals surface area contributed by atoms with Gasteiger partial charge in [-0.15, -0.1) is 0 Å². The maximum absolute atomic E-state index is 12.8. The van der Waals surface area contributed by atoms with Crippen molar-refractivity contribution >= 4 is 33.3 Å². The van der Waals surface area contributed by atoms with E-state index in [1.165, 1.54) is 6.08 Å². The predicted molar refractivity (Wildman–Crippen MR) is 92.1 cm³/mol. The third-order valence-electron chi connectivity index (χ3n) is 4.25. The molecule has 0 bridgehead atoms. The summed E-state index contributed by atoms with van der Waals surface area (Å²) in [6.07, 6.45) is 1.60. The third kappa shape index (κ3) is 3.67. The number of nitrogens with one attached hydrogen (secondary N) is 1. The maximum atomic E-state index is 12.8. The van der Waals surface area contributed by atoms with Gasteiger partial charge in [-0.25, -0.2) is 13.2 Å². The minimum absolute atomic E-state index is 0.0664. The number of sulfonamides is 1. The highest BCUT2D eigenvalue weighted by Gasteiger charge is 2.45. The van der Waals surface area contributed by atoms with Crippen molar-refractivity contribution in [2.45, 2.75) is 30.8 Å². The van der Waals surface area contributed by atoms with Gasteiger partial charge in [0.1, 0.15) is 5.25 Å². The van der Waals surface area contributed by atoms with E-state index >= 15 is 0 Å². The molecule has 0 saturated carbocycles. The Kier molecular flexibility index (Phi) is 4.80. The summed E-state index contributed by atoms with van der Waals surface area (Å²) < 4.78 is 38.9. The van der Waals surface area contributed by atoms with Gasteiger partial charge in [-0.1, -0.05) is 17.7 Å². The van der Waals surface area contributed by atoms with Crippen molar-refractivity contribution in [2.24, 2.45) is 0 Å². The summed E-state index contributed by atoms with van der Waals surface area (Å²) in [5, 5.41) is 8.50. The van der Waals surface area contributed by atoms with Crippen molar-refractivity contribution in [1.82, 2.24) is 0 Å². The minimum Gasteiger partial charge on any atom is -0.478 e. The minimum atomic E-state index is -4.01. The number of anilines is 1. The molecule has 3 rings (SSSR count). The van der Waals surface area contributed by atoms with Crippen molar-refractivity contribution in [1.29, 1.82) is 0 Å². The van der Waals surface area contributed by atoms with Crippen LogP contribution in [-0.4, -0.2) is 43.7 Å². The molecule has 1 aliphatic heterocycles. The number of hydrogen-bond acceptors (Lipinski definition) is 5. The molecule has 1 aromatic carbocycles. The molecule has 0 aromatic heterocycles. The number of carboxylic acids is 1. The Morgan fingerprint density at radius 3 is 2.64 bits per heavy atom. The molecule has 136 valence electrons. The second-order valence-electron chi connectivity index (χ2n) is 6.07. The van der Waals surface area contributed by atoms with Gasteiger partial charge in [0.2, 0.25) is 10.0 Å². The van der Waals surface area contributed by atoms with Crippen LogP contribution in [0.25, 0.3) is 0 Å². The fourth-order valence-electron chi connectivity index (χ4n) is 3.04. The number of halogens is 1. The van der Waals surface area contributed by atoms with Gasteiger partial charge in [0, 0.05) is 6.42 Å². The van der Waals surface area contributed by atoms with Crippen LogP contribution in [0.15, 0.2) is 29.8 Å². The van der Waals surface area contributed by atoms with E-state index in [9.17, 15) is 18.3 Å². The lowest BCUT2D eigenvalue weighted by Crippen LogP contribution is -2.41. The highest BCUT2D eigenvalue weighted by Crippen LogP contribution is 2.37. The lowest BCUT2D eigenvalue weighted by Gasteiger charge is -2.32. The second kappa shape index (κ2) is 6.60. The number of aliphatic carboxylic acids is 1. The number of benzene rings is 1. The third-order valence-corrected chi connectivity index (χ3v) is 6.31. The van der Waals surface area contributed by atoms with Gasteiger partial charge in [0.25, 0.3) is 0 Å². The van der Waals surface area contributed by atoms with Gasteiger partial charge in [-0.2, -0.15) is 0 Å². The van der Waals surface area contributed by atoms with Crippen molar-refractivity contribution < 1.29 is 27.8 Å². The molecule has 1 aromatic rings. The quantitative estimate of drug-likeness (QED) is 0.821. The average Bonchev–Trinajstić information content (AvgIpc) is 2.97. The topological polar surface area (TPSA) is 102 Å². The van der Waals surface area contributed by atoms with Crippen LogP contribution in [0.1, 0.15) is 18.4 Å². The lowest BCUT2D eigenvalue weighted by atomic mass is 9.94. The zero-order chi connectivity index (χ0) is 18.2. The molecule has 2 N–H and O–H groups in total. The molecular weight excluding hydrogens is 370 g/mol. The first-order valence-electron chi connectivity index (χ1n) is 7.74. The molecule has 0 radical (unpaired) electrons. The van der Waals surface area contributed by atoms with Crippen LogP contribution < -0.4 is 4.72 Å². The summed E-state index contributed by atoms with van der Waals surface area (Å²) in [5.41, 5.74) is 0.837. The summed E-state index contributed by atoms with van der Waals surface area (Å²) in [6.45, 7) is 2.52. The Labute approximate surface area is 150 Å². The summed E-state index contributed by atoms with van der Waals surface area (Å²) >= 11 is 6.07. The average molecular weight is 388 g/mol. The monoisotopic (exact) mass is 387 g/mol. The van der Waals surface area contributed by atoms with E-state index in [1.807, 2.05) is 6.92 Å². The van der Waals surface area contributed by atoms with E-state index < -0.39 is 27.0 Å². The summed E-state index contributed by atoms with van der Waals surface area (Å²) in [4.78, 5) is 11.6. The zero-order valence-corrected chi connectivity index (χ0v) is 15.1. The smallest absolute Gasteiger partial charge is 0.332 e. The Bertz CT molecular complexity index is 829. The molecule has 9 heteroatoms. The number of ether oxygens (including phenoxy) is 2. The Balaban J connectivity index is 1.92. The normalized spacial score (nSPS) is 22.6. The number of carbonyl (C=O) groups is 1. The van der Waals surface area contributed by atoms with Crippen LogP contribution in [0, 0.1) is 6.92 Å². The van der Waals surface area contributed by atoms with Gasteiger partial charge in [0.15, 0.2) is 5.79 Å². The fourth-order valence-corrected chi connectivity index (χ4v) is 4.93. The number of hydrogen-bond donors (Lipinski definition) is 2. The van der Waals surface area contributed by atoms with Crippen molar-refractivity contribution in [3.05, 3.63) is 40.4 Å². The maximum Gasteiger partial charge on any atom is 0.332 e. The van der Waals surface area contributed by atoms with E-state index in [0.29, 0.717) is 13.2 Å². The summed E-state index contributed by atoms with van der Waals surface area (Å²) in [5.74, 6) is -2.45. The van der Waals surface area contributed by atoms with E-state index in [4.69, 9.17) is 21.1 Å². The molecule has 1 spiro atoms. The fraction of sp³-hybridized carbons (Fsp3) is 0.438. The van der Waals surface area contributed by atoms with Gasteiger partial charge in [-0.05, 0) is 37.1 Å². The first-order chi connectivity index (χ1) is 11.7. The molecule has 1 atom stereocenters. The first kappa shape index (κ1) is 18.2. The van der Waals surface area contributed by atoms with Crippen LogP contribution >= 0.6 is 11.6 Å². The van der Waals surface area contributed by atoms with Crippen molar-refractivity contribution in [3.63, 3.8) is 0 Å². The van der Waals surface area contributed by atoms with Crippen LogP contribution in [0.5, 0.6) is 0 Å². The SMILES string of the molecule is Cc1ccc(NS(=O)(=O)C2CCC3(C=C2C(=O)O)OCCO3)c(Cl)c1. The van der Waals surface area contributed by atoms with Gasteiger partial charge in [-0.3, -0.25) is 4.72 Å². The molecule has 25 heavy (non-hydrogen) atoms. The number of rotatable bonds is 4. The molecule has 0 amide bonds. The number of aryl methyl sites for hydroxylation is 1. The first-order valence-corrected chi connectivity index (χ1v) is 9.67. The predicted octanol–water partition coefficient (Wildman–Crippen LogP) is 2.31. The molecule has 1 aliphatic carbocycles. The van der Waals surface area contributed by atoms with Crippen LogP contribution in [0.3, 0.4) is 0 Å². The van der Waals surface area contributed by atoms with Crippen LogP contribution in [0.2, 0.25) is 5.02 Å². The largest absolute Gasteiger partial charge is 0.478 e. The van der Waals surface area contributed by atoms with E-state index in [2.05, 4.69) is 4.72 Å². The lowest BCUT2D eigenvalue weighted by molar-refractivity contribution is -0.138. The molecule has 1 saturated heterocycles. The van der Waals surface area contributed by atoms with Gasteiger partial charge < -0.3 is 14.6 Å². The molecule has 1 fully saturated rings. The standard InChI is InChI=1S/C16H18ClNO6S/c1-10-2-3-13(12(17)8-10)18-25(21,22)14-4-5-16(23-6-7-24-16)9-11(14)15(19)20/h2-3,8-9,14,18H,4-7H2,1H3,(H,19,20). The van der Waals surface area contributed by atoms with Gasteiger partial charge in [0.05, 0.1) is 29.5 Å². The van der Waals surface area contributed by atoms with Gasteiger partial charge >= 0.3 is 5.97 Å². The highest BCUT2D eigenvalue weighted by atomic mass is 35.5. The Morgan fingerprint density at radius 2 is 2.04 bits per heavy atom. The Hall–Kier alpha value is -1.61. The zero-order valence-electron chi connectivity index (χ0n) is 13.5. The van der Waals surface area contributed by atoms with E-state index in [-0.39, 0.29) is 29.1 Å². The van der Waals surface area contributed by atoms with Crippen LogP contribution in [-0.2, 0) is 24.3 Å². The molecule has 7 nitrogen and oxygen atoms in total. The molecule has 1 unspecified atom stereocenters. The summed E-state index contributed by atoms with van der Waals surface area (Å²) in [6, 6.07) is 4.89. The van der Waals surface area contributed by atoms with Crippen molar-refractivity contribution in [2.75, 3.05) is 17.9 Å². The molecule has 1 heterocycles. The molecular formula is C16H18ClNO6S. The van der Waals surface area contributed by atoms with E-state index in [1.54, 1.807) is 18.2 Å². The highest BCUT2D eigenvalue weighted by molar-refractivity contribution is 7.93. The second-order valence-corrected chi connectivity index (χ2v) is 8.34. The Morgan fingerprint density at radius 1 is 1.36 bits per heavy atom. The van der Waals surface area contributed by atoms with Crippen molar-refractivity contribution in [3.8, 4) is 0 Å². The number of carboxylic acid groups (broad SMARTS) is 1. The summed E-state index contributed by atoms with van der Waals surface area (Å²) in [7, 11) is -4.01.